The minimum absolute atomic E-state index is 0.119. The lowest BCUT2D eigenvalue weighted by Crippen LogP contribution is -2.24. The van der Waals surface area contributed by atoms with Gasteiger partial charge in [-0.2, -0.15) is 0 Å². The molecule has 1 aliphatic carbocycles. The molecule has 0 spiro atoms. The zero-order valence-corrected chi connectivity index (χ0v) is 17.7. The molecule has 0 amide bonds. The minimum Gasteiger partial charge on any atom is -0.507 e. The van der Waals surface area contributed by atoms with Crippen LogP contribution in [0.25, 0.3) is 0 Å². The molecule has 4 heteroatoms. The van der Waals surface area contributed by atoms with E-state index in [4.69, 9.17) is 9.47 Å². The van der Waals surface area contributed by atoms with Gasteiger partial charge in [0.1, 0.15) is 28.8 Å². The number of methoxy groups -OCH3 is 1. The van der Waals surface area contributed by atoms with E-state index in [1.165, 1.54) is 12.0 Å². The predicted octanol–water partition coefficient (Wildman–Crippen LogP) is 5.71. The van der Waals surface area contributed by atoms with Gasteiger partial charge in [0.15, 0.2) is 0 Å². The van der Waals surface area contributed by atoms with Gasteiger partial charge < -0.3 is 19.7 Å². The van der Waals surface area contributed by atoms with Gasteiger partial charge in [0.05, 0.1) is 7.11 Å². The first-order valence-corrected chi connectivity index (χ1v) is 10.1. The maximum atomic E-state index is 11.0. The summed E-state index contributed by atoms with van der Waals surface area (Å²) >= 11 is 0. The molecular formula is C24H32O4. The lowest BCUT2D eigenvalue weighted by Gasteiger charge is -2.34. The molecular weight excluding hydrogens is 352 g/mol. The van der Waals surface area contributed by atoms with Crippen LogP contribution < -0.4 is 4.74 Å². The molecule has 28 heavy (non-hydrogen) atoms. The first-order chi connectivity index (χ1) is 13.3. The Morgan fingerprint density at radius 1 is 1.00 bits per heavy atom. The van der Waals surface area contributed by atoms with Crippen LogP contribution in [0.4, 0.5) is 0 Å². The third-order valence-corrected chi connectivity index (χ3v) is 5.67. The summed E-state index contributed by atoms with van der Waals surface area (Å²) in [5, 5.41) is 22.0. The van der Waals surface area contributed by atoms with Gasteiger partial charge in [-0.05, 0) is 53.4 Å². The molecule has 2 N–H and O–H groups in total. The third kappa shape index (κ3) is 3.91. The minimum atomic E-state index is 0.119. The third-order valence-electron chi connectivity index (χ3n) is 5.67. The zero-order valence-electron chi connectivity index (χ0n) is 17.7. The van der Waals surface area contributed by atoms with Crippen LogP contribution in [0.5, 0.6) is 17.2 Å². The average Bonchev–Trinajstić information content (AvgIpc) is 2.59. The van der Waals surface area contributed by atoms with E-state index in [1.54, 1.807) is 7.11 Å². The van der Waals surface area contributed by atoms with Crippen LogP contribution in [0, 0.1) is 5.92 Å². The smallest absolute Gasteiger partial charge is 0.145 e. The van der Waals surface area contributed by atoms with Crippen LogP contribution in [-0.4, -0.2) is 17.3 Å². The molecule has 0 saturated heterocycles. The molecule has 1 heterocycles. The van der Waals surface area contributed by atoms with Crippen molar-refractivity contribution in [2.45, 2.75) is 66.2 Å². The second kappa shape index (κ2) is 8.34. The number of hydrogen-bond acceptors (Lipinski definition) is 4. The van der Waals surface area contributed by atoms with Gasteiger partial charge >= 0.3 is 0 Å². The molecule has 0 unspecified atom stereocenters. The summed E-state index contributed by atoms with van der Waals surface area (Å²) < 4.78 is 12.0. The van der Waals surface area contributed by atoms with Crippen LogP contribution in [0.2, 0.25) is 0 Å². The van der Waals surface area contributed by atoms with Crippen molar-refractivity contribution in [1.82, 2.24) is 0 Å². The molecule has 4 nitrogen and oxygen atoms in total. The summed E-state index contributed by atoms with van der Waals surface area (Å²) in [7, 11) is 1.66. The number of benzene rings is 1. The Morgan fingerprint density at radius 2 is 1.61 bits per heavy atom. The molecule has 0 aromatic heterocycles. The Balaban J connectivity index is 2.13. The number of fused-ring (bicyclic) bond motifs is 1. The largest absolute Gasteiger partial charge is 0.507 e. The molecule has 1 saturated carbocycles. The number of ether oxygens (including phenoxy) is 2. The van der Waals surface area contributed by atoms with Crippen LogP contribution in [-0.2, 0) is 24.0 Å². The van der Waals surface area contributed by atoms with Gasteiger partial charge in [-0.25, -0.2) is 0 Å². The summed E-state index contributed by atoms with van der Waals surface area (Å²) in [6.45, 7) is 8.10. The molecule has 3 rings (SSSR count). The predicted molar refractivity (Wildman–Crippen MR) is 112 cm³/mol. The second-order valence-electron chi connectivity index (χ2n) is 8.33. The Morgan fingerprint density at radius 3 is 2.11 bits per heavy atom. The van der Waals surface area contributed by atoms with Crippen molar-refractivity contribution in [2.24, 2.45) is 5.92 Å². The van der Waals surface area contributed by atoms with Crippen molar-refractivity contribution in [1.29, 1.82) is 0 Å². The van der Waals surface area contributed by atoms with Gasteiger partial charge in [-0.1, -0.05) is 29.7 Å². The Bertz CT molecular complexity index is 846. The van der Waals surface area contributed by atoms with Crippen LogP contribution in [0.15, 0.2) is 34.8 Å². The highest BCUT2D eigenvalue weighted by molar-refractivity contribution is 5.65. The maximum Gasteiger partial charge on any atom is 0.145 e. The van der Waals surface area contributed by atoms with E-state index in [1.807, 2.05) is 33.8 Å². The molecule has 1 aromatic carbocycles. The molecule has 1 fully saturated rings. The summed E-state index contributed by atoms with van der Waals surface area (Å²) in [6, 6.07) is 0. The molecule has 1 aromatic rings. The Kier molecular flexibility index (Phi) is 6.07. The fourth-order valence-corrected chi connectivity index (χ4v) is 3.72. The second-order valence-corrected chi connectivity index (χ2v) is 8.33. The monoisotopic (exact) mass is 384 g/mol. The molecule has 0 bridgehead atoms. The van der Waals surface area contributed by atoms with Gasteiger partial charge in [0.2, 0.25) is 0 Å². The highest BCUT2D eigenvalue weighted by Crippen LogP contribution is 2.49. The standard InChI is InChI=1S/C24H32O4/c1-14(2)9-11-17-21(25)18(12-10-15(3)4)24-19(22(17)26)13-20(27-5)23(28-24)16-7-6-8-16/h9-10,16,25-26H,6-8,11-13H2,1-5H3. The van der Waals surface area contributed by atoms with Crippen molar-refractivity contribution in [2.75, 3.05) is 7.11 Å². The fraction of sp³-hybridized carbons (Fsp3) is 0.500. The SMILES string of the molecule is COC1=C(C2CCC2)Oc2c(CC=C(C)C)c(O)c(CC=C(C)C)c(O)c2C1. The first-order valence-electron chi connectivity index (χ1n) is 10.1. The van der Waals surface area contributed by atoms with Crippen LogP contribution >= 0.6 is 0 Å². The first kappa shape index (κ1) is 20.4. The molecule has 0 atom stereocenters. The highest BCUT2D eigenvalue weighted by atomic mass is 16.5. The Hall–Kier alpha value is -2.36. The van der Waals surface area contributed by atoms with Gasteiger partial charge in [0.25, 0.3) is 0 Å². The van der Waals surface area contributed by atoms with E-state index in [9.17, 15) is 10.2 Å². The van der Waals surface area contributed by atoms with E-state index in [0.29, 0.717) is 42.1 Å². The van der Waals surface area contributed by atoms with Crippen molar-refractivity contribution >= 4 is 0 Å². The number of allylic oxidation sites excluding steroid dienone is 6. The van der Waals surface area contributed by atoms with E-state index >= 15 is 0 Å². The van der Waals surface area contributed by atoms with Crippen molar-refractivity contribution in [3.63, 3.8) is 0 Å². The van der Waals surface area contributed by atoms with Crippen LogP contribution in [0.1, 0.15) is 63.6 Å². The average molecular weight is 385 g/mol. The van der Waals surface area contributed by atoms with Crippen molar-refractivity contribution in [3.8, 4) is 17.2 Å². The number of rotatable bonds is 6. The van der Waals surface area contributed by atoms with E-state index in [-0.39, 0.29) is 11.5 Å². The van der Waals surface area contributed by atoms with E-state index in [2.05, 4.69) is 6.08 Å². The number of phenols is 2. The van der Waals surface area contributed by atoms with Crippen molar-refractivity contribution in [3.05, 3.63) is 51.5 Å². The van der Waals surface area contributed by atoms with Gasteiger partial charge in [-0.15, -0.1) is 0 Å². The fourth-order valence-electron chi connectivity index (χ4n) is 3.72. The van der Waals surface area contributed by atoms with Gasteiger partial charge in [0, 0.05) is 29.0 Å². The summed E-state index contributed by atoms with van der Waals surface area (Å²) in [6.07, 6.45) is 9.03. The number of aromatic hydroxyl groups is 2. The summed E-state index contributed by atoms with van der Waals surface area (Å²) in [5.74, 6) is 2.90. The van der Waals surface area contributed by atoms with Gasteiger partial charge in [-0.3, -0.25) is 0 Å². The topological polar surface area (TPSA) is 58.9 Å². The maximum absolute atomic E-state index is 11.0. The van der Waals surface area contributed by atoms with E-state index in [0.717, 1.165) is 35.5 Å². The summed E-state index contributed by atoms with van der Waals surface area (Å²) in [5.41, 5.74) is 4.34. The quantitative estimate of drug-likeness (QED) is 0.617. The van der Waals surface area contributed by atoms with Crippen molar-refractivity contribution < 1.29 is 19.7 Å². The molecule has 2 aliphatic rings. The lowest BCUT2D eigenvalue weighted by atomic mass is 9.81. The van der Waals surface area contributed by atoms with Crippen LogP contribution in [0.3, 0.4) is 0 Å². The lowest BCUT2D eigenvalue weighted by molar-refractivity contribution is 0.186. The highest BCUT2D eigenvalue weighted by Gasteiger charge is 2.35. The Labute approximate surface area is 168 Å². The molecule has 1 aliphatic heterocycles. The number of hydrogen-bond donors (Lipinski definition) is 2. The number of phenolic OH excluding ortho intramolecular Hbond substituents is 2. The zero-order chi connectivity index (χ0) is 20.4. The normalized spacial score (nSPS) is 16.0. The molecule has 0 radical (unpaired) electrons. The van der Waals surface area contributed by atoms with E-state index < -0.39 is 0 Å². The molecule has 152 valence electrons. The summed E-state index contributed by atoms with van der Waals surface area (Å²) in [4.78, 5) is 0.